The summed E-state index contributed by atoms with van der Waals surface area (Å²) in [4.78, 5) is 57.2. The molecule has 0 aliphatic heterocycles. The van der Waals surface area contributed by atoms with E-state index in [-0.39, 0.29) is 45.8 Å². The number of hydrogen-bond donors (Lipinski definition) is 3. The number of nitrogens with zero attached hydrogens (tertiary/aromatic N) is 1. The van der Waals surface area contributed by atoms with Crippen molar-refractivity contribution in [1.82, 2.24) is 10.3 Å². The maximum atomic E-state index is 13.9. The van der Waals surface area contributed by atoms with Gasteiger partial charge in [0.05, 0.1) is 16.6 Å². The molecule has 1 aromatic rings. The smallest absolute Gasteiger partial charge is 0.306 e. The van der Waals surface area contributed by atoms with Crippen molar-refractivity contribution >= 4 is 34.8 Å². The number of carbonyl (C=O) groups is 4. The van der Waals surface area contributed by atoms with Gasteiger partial charge in [0, 0.05) is 30.7 Å². The molecule has 7 rings (SSSR count). The van der Waals surface area contributed by atoms with Crippen molar-refractivity contribution < 1.29 is 24.3 Å². The Morgan fingerprint density at radius 1 is 0.943 bits per heavy atom. The third-order valence-corrected chi connectivity index (χ3v) is 17.5. The predicted molar refractivity (Wildman–Crippen MR) is 210 cm³/mol. The van der Waals surface area contributed by atoms with Gasteiger partial charge in [0.2, 0.25) is 0 Å². The van der Waals surface area contributed by atoms with E-state index >= 15 is 0 Å². The topological polar surface area (TPSA) is 139 Å². The van der Waals surface area contributed by atoms with Gasteiger partial charge in [0.1, 0.15) is 10.7 Å². The molecule has 53 heavy (non-hydrogen) atoms. The molecule has 1 heterocycles. The zero-order chi connectivity index (χ0) is 38.8. The SMILES string of the molecule is CN.Cc1nc(C)c(C(=O)NCCC23CCC4C(CCC5C4(C)CCC4C(C)C(CC(=O)C6CC(C(=O)O)C6C)CCC45C)C2=C(C(C)C)C(=O)C3)s1. The minimum atomic E-state index is -0.755. The van der Waals surface area contributed by atoms with E-state index in [0.29, 0.717) is 77.8 Å². The average Bonchev–Trinajstić information content (AvgIpc) is 3.60. The lowest BCUT2D eigenvalue weighted by atomic mass is 9.37. The van der Waals surface area contributed by atoms with E-state index in [2.05, 4.69) is 50.7 Å². The van der Waals surface area contributed by atoms with E-state index in [4.69, 9.17) is 0 Å². The van der Waals surface area contributed by atoms with Crippen LogP contribution < -0.4 is 11.1 Å². The molecule has 5 fully saturated rings. The molecular weight excluding hydrogens is 683 g/mol. The third-order valence-electron chi connectivity index (χ3n) is 16.5. The number of nitrogens with two attached hydrogens (primary N) is 1. The van der Waals surface area contributed by atoms with E-state index < -0.39 is 5.97 Å². The van der Waals surface area contributed by atoms with Crippen molar-refractivity contribution in [2.45, 2.75) is 132 Å². The Balaban J connectivity index is 0.00000236. The molecule has 12 unspecified atom stereocenters. The highest BCUT2D eigenvalue weighted by atomic mass is 32.1. The summed E-state index contributed by atoms with van der Waals surface area (Å²) in [5, 5.41) is 13.6. The molecule has 0 bridgehead atoms. The molecule has 0 radical (unpaired) electrons. The second kappa shape index (κ2) is 14.9. The number of aryl methyl sites for hydroxylation is 2. The fraction of sp³-hybridized carbons (Fsp3) is 0.795. The Morgan fingerprint density at radius 2 is 1.60 bits per heavy atom. The van der Waals surface area contributed by atoms with Crippen molar-refractivity contribution in [2.24, 2.45) is 81.2 Å². The summed E-state index contributed by atoms with van der Waals surface area (Å²) in [5.41, 5.74) is 8.22. The molecule has 6 aliphatic carbocycles. The summed E-state index contributed by atoms with van der Waals surface area (Å²) in [5.74, 6) is 2.75. The monoisotopic (exact) mass is 749 g/mol. The van der Waals surface area contributed by atoms with Crippen LogP contribution in [0.1, 0.15) is 139 Å². The Morgan fingerprint density at radius 3 is 2.23 bits per heavy atom. The highest BCUT2D eigenvalue weighted by Gasteiger charge is 2.64. The molecule has 1 amide bonds. The van der Waals surface area contributed by atoms with Crippen LogP contribution in [0.2, 0.25) is 0 Å². The number of fused-ring (bicyclic) bond motifs is 7. The summed E-state index contributed by atoms with van der Waals surface area (Å²) >= 11 is 1.45. The first-order valence-electron chi connectivity index (χ1n) is 20.9. The minimum Gasteiger partial charge on any atom is -0.481 e. The number of carboxylic acid groups (broad SMARTS) is 1. The lowest BCUT2D eigenvalue weighted by Crippen LogP contribution is -2.60. The number of carboxylic acids is 1. The van der Waals surface area contributed by atoms with Gasteiger partial charge in [0.25, 0.3) is 5.91 Å². The van der Waals surface area contributed by atoms with E-state index in [9.17, 15) is 24.3 Å². The first-order chi connectivity index (χ1) is 25.0. The Kier molecular flexibility index (Phi) is 11.3. The number of nitrogens with one attached hydrogen (secondary N) is 1. The molecule has 4 N–H and O–H groups in total. The maximum absolute atomic E-state index is 13.9. The van der Waals surface area contributed by atoms with E-state index in [1.165, 1.54) is 49.6 Å². The number of carbonyl (C=O) groups excluding carboxylic acids is 3. The maximum Gasteiger partial charge on any atom is 0.306 e. The zero-order valence-corrected chi connectivity index (χ0v) is 34.8. The highest BCUT2D eigenvalue weighted by molar-refractivity contribution is 7.13. The lowest BCUT2D eigenvalue weighted by molar-refractivity contribution is -0.172. The largest absolute Gasteiger partial charge is 0.481 e. The molecule has 5 saturated carbocycles. The van der Waals surface area contributed by atoms with Gasteiger partial charge in [-0.2, -0.15) is 0 Å². The number of Topliss-reactive ketones (excluding diaryl/α,β-unsaturated/α-hetero) is 2. The van der Waals surface area contributed by atoms with Gasteiger partial charge in [-0.1, -0.05) is 47.1 Å². The normalized spacial score (nSPS) is 40.2. The number of ketones is 2. The number of amides is 1. The van der Waals surface area contributed by atoms with Crippen molar-refractivity contribution in [3.8, 4) is 0 Å². The fourth-order valence-corrected chi connectivity index (χ4v) is 14.8. The first kappa shape index (κ1) is 40.3. The minimum absolute atomic E-state index is 0.0436. The first-order valence-corrected chi connectivity index (χ1v) is 21.7. The van der Waals surface area contributed by atoms with Crippen LogP contribution in [0.3, 0.4) is 0 Å². The summed E-state index contributed by atoms with van der Waals surface area (Å²) in [7, 11) is 1.50. The van der Waals surface area contributed by atoms with Crippen LogP contribution in [0.25, 0.3) is 0 Å². The Bertz CT molecular complexity index is 1650. The molecule has 0 spiro atoms. The molecule has 12 atom stereocenters. The van der Waals surface area contributed by atoms with E-state index in [1.54, 1.807) is 0 Å². The molecule has 8 nitrogen and oxygen atoms in total. The van der Waals surface area contributed by atoms with Crippen LogP contribution in [0, 0.1) is 89.3 Å². The van der Waals surface area contributed by atoms with Gasteiger partial charge in [-0.05, 0) is 149 Å². The highest BCUT2D eigenvalue weighted by Crippen LogP contribution is 2.72. The van der Waals surface area contributed by atoms with Gasteiger partial charge >= 0.3 is 5.97 Å². The predicted octanol–water partition coefficient (Wildman–Crippen LogP) is 8.59. The van der Waals surface area contributed by atoms with Crippen LogP contribution in [0.15, 0.2) is 11.1 Å². The summed E-state index contributed by atoms with van der Waals surface area (Å²) in [6, 6.07) is 0. The second-order valence-corrected chi connectivity index (χ2v) is 20.2. The van der Waals surface area contributed by atoms with Crippen LogP contribution >= 0.6 is 11.3 Å². The van der Waals surface area contributed by atoms with Crippen LogP contribution in [-0.2, 0) is 14.4 Å². The molecule has 0 aromatic carbocycles. The van der Waals surface area contributed by atoms with Crippen molar-refractivity contribution in [3.63, 3.8) is 0 Å². The Labute approximate surface area is 322 Å². The van der Waals surface area contributed by atoms with Gasteiger partial charge < -0.3 is 16.2 Å². The number of rotatable bonds is 9. The number of hydrogen-bond acceptors (Lipinski definition) is 7. The van der Waals surface area contributed by atoms with Crippen molar-refractivity contribution in [1.29, 1.82) is 0 Å². The average molecular weight is 750 g/mol. The summed E-state index contributed by atoms with van der Waals surface area (Å²) in [6.07, 6.45) is 11.8. The fourth-order valence-electron chi connectivity index (χ4n) is 13.9. The van der Waals surface area contributed by atoms with E-state index in [0.717, 1.165) is 48.4 Å². The summed E-state index contributed by atoms with van der Waals surface area (Å²) in [6.45, 7) is 18.4. The van der Waals surface area contributed by atoms with E-state index in [1.807, 2.05) is 20.8 Å². The van der Waals surface area contributed by atoms with Gasteiger partial charge in [-0.25, -0.2) is 4.98 Å². The molecular formula is C44H67N3O5S. The lowest BCUT2D eigenvalue weighted by Gasteiger charge is -2.67. The molecule has 6 aliphatic rings. The molecule has 9 heteroatoms. The van der Waals surface area contributed by atoms with Crippen molar-refractivity contribution in [2.75, 3.05) is 13.6 Å². The standard InChI is InChI=1S/C43H62N2O5S.CH5N/c1-22(2)36-34(47)21-43(17-18-44-39(48)38-25(5)45-26(6)51-38)16-13-32-28(37(36)43)9-10-35-41(7)14-11-27(23(3)31(41)12-15-42(32,35)8)19-33(46)29-20-30(24(29)4)40(49)50;1-2/h22-24,27-32,35H,9-21H2,1-8H3,(H,44,48)(H,49,50);2H2,1H3. The number of allylic oxidation sites excluding steroid dienone is 2. The molecule has 1 aromatic heterocycles. The number of thiazole rings is 1. The van der Waals surface area contributed by atoms with Crippen molar-refractivity contribution in [3.05, 3.63) is 26.7 Å². The van der Waals surface area contributed by atoms with Gasteiger partial charge in [0.15, 0.2) is 5.78 Å². The van der Waals surface area contributed by atoms with Crippen LogP contribution in [-0.4, -0.2) is 47.1 Å². The van der Waals surface area contributed by atoms with Gasteiger partial charge in [-0.15, -0.1) is 11.3 Å². The number of aromatic nitrogens is 1. The number of aliphatic carboxylic acids is 1. The Hall–Kier alpha value is -2.39. The molecule has 294 valence electrons. The zero-order valence-electron chi connectivity index (χ0n) is 34.0. The molecule has 0 saturated heterocycles. The van der Waals surface area contributed by atoms with Crippen LogP contribution in [0.5, 0.6) is 0 Å². The quantitative estimate of drug-likeness (QED) is 0.230. The van der Waals surface area contributed by atoms with Gasteiger partial charge in [-0.3, -0.25) is 19.2 Å². The third kappa shape index (κ3) is 6.59. The second-order valence-electron chi connectivity index (χ2n) is 19.0. The van der Waals surface area contributed by atoms with Crippen LogP contribution in [0.4, 0.5) is 0 Å². The summed E-state index contributed by atoms with van der Waals surface area (Å²) < 4.78 is 0.